The highest BCUT2D eigenvalue weighted by atomic mass is 16.7. The third kappa shape index (κ3) is 3.10. The Kier molecular flexibility index (Phi) is 4.03. The fraction of sp³-hybridized carbons (Fsp3) is 0.389. The molecule has 0 saturated carbocycles. The molecule has 1 aromatic heterocycles. The van der Waals surface area contributed by atoms with Crippen LogP contribution in [0.2, 0.25) is 0 Å². The van der Waals surface area contributed by atoms with Crippen LogP contribution in [0.3, 0.4) is 0 Å². The molecule has 120 valence electrons. The number of piperidine rings is 1. The van der Waals surface area contributed by atoms with Gasteiger partial charge in [-0.05, 0) is 31.0 Å². The Morgan fingerprint density at radius 1 is 1.09 bits per heavy atom. The van der Waals surface area contributed by atoms with Gasteiger partial charge in [-0.1, -0.05) is 18.2 Å². The molecule has 0 unspecified atom stereocenters. The van der Waals surface area contributed by atoms with Gasteiger partial charge in [0.1, 0.15) is 5.82 Å². The second-order valence-electron chi connectivity index (χ2n) is 5.98. The standard InChI is InChI=1S/C18H21N3O2/c1-2-9-19-17(6-1)21-10-7-15(8-11-21)20-12-14-4-3-5-16-18(14)23-13-22-16/h1-6,9,15,20H,7-8,10-13H2. The van der Waals surface area contributed by atoms with Gasteiger partial charge in [0, 0.05) is 37.4 Å². The maximum absolute atomic E-state index is 5.57. The van der Waals surface area contributed by atoms with Gasteiger partial charge < -0.3 is 19.7 Å². The molecule has 0 spiro atoms. The highest BCUT2D eigenvalue weighted by Gasteiger charge is 2.21. The molecule has 2 aliphatic rings. The van der Waals surface area contributed by atoms with E-state index in [1.165, 1.54) is 5.56 Å². The average molecular weight is 311 g/mol. The van der Waals surface area contributed by atoms with Gasteiger partial charge in [0.2, 0.25) is 6.79 Å². The van der Waals surface area contributed by atoms with Crippen molar-refractivity contribution < 1.29 is 9.47 Å². The van der Waals surface area contributed by atoms with E-state index in [0.717, 1.165) is 49.8 Å². The first-order valence-corrected chi connectivity index (χ1v) is 8.17. The highest BCUT2D eigenvalue weighted by Crippen LogP contribution is 2.35. The molecule has 2 aromatic rings. The summed E-state index contributed by atoms with van der Waals surface area (Å²) in [6.45, 7) is 3.23. The number of ether oxygens (including phenoxy) is 2. The van der Waals surface area contributed by atoms with Crippen LogP contribution < -0.4 is 19.7 Å². The number of rotatable bonds is 4. The smallest absolute Gasteiger partial charge is 0.231 e. The van der Waals surface area contributed by atoms with Gasteiger partial charge in [0.15, 0.2) is 11.5 Å². The number of fused-ring (bicyclic) bond motifs is 1. The lowest BCUT2D eigenvalue weighted by Gasteiger charge is -2.33. The number of hydrogen-bond acceptors (Lipinski definition) is 5. The Labute approximate surface area is 136 Å². The van der Waals surface area contributed by atoms with E-state index in [1.54, 1.807) is 0 Å². The van der Waals surface area contributed by atoms with Crippen molar-refractivity contribution in [2.45, 2.75) is 25.4 Å². The van der Waals surface area contributed by atoms with Crippen LogP contribution in [0.15, 0.2) is 42.6 Å². The van der Waals surface area contributed by atoms with E-state index in [-0.39, 0.29) is 0 Å². The van der Waals surface area contributed by atoms with Crippen LogP contribution in [-0.2, 0) is 6.54 Å². The van der Waals surface area contributed by atoms with Crippen molar-refractivity contribution in [2.75, 3.05) is 24.8 Å². The van der Waals surface area contributed by atoms with Crippen LogP contribution >= 0.6 is 0 Å². The zero-order valence-corrected chi connectivity index (χ0v) is 13.1. The number of nitrogens with one attached hydrogen (secondary N) is 1. The SMILES string of the molecule is c1ccc(N2CCC(NCc3cccc4c3OCO4)CC2)nc1. The van der Waals surface area contributed by atoms with E-state index in [2.05, 4.69) is 27.3 Å². The molecular formula is C18H21N3O2. The lowest BCUT2D eigenvalue weighted by Crippen LogP contribution is -2.42. The summed E-state index contributed by atoms with van der Waals surface area (Å²) in [5.41, 5.74) is 1.17. The second-order valence-corrected chi connectivity index (χ2v) is 5.98. The van der Waals surface area contributed by atoms with Crippen molar-refractivity contribution >= 4 is 5.82 Å². The number of benzene rings is 1. The van der Waals surface area contributed by atoms with Gasteiger partial charge in [-0.2, -0.15) is 0 Å². The van der Waals surface area contributed by atoms with Gasteiger partial charge in [0.05, 0.1) is 0 Å². The summed E-state index contributed by atoms with van der Waals surface area (Å²) >= 11 is 0. The zero-order chi connectivity index (χ0) is 15.5. The first-order chi connectivity index (χ1) is 11.4. The number of pyridine rings is 1. The van der Waals surface area contributed by atoms with Crippen molar-refractivity contribution in [3.8, 4) is 11.5 Å². The molecule has 5 nitrogen and oxygen atoms in total. The highest BCUT2D eigenvalue weighted by molar-refractivity contribution is 5.48. The summed E-state index contributed by atoms with van der Waals surface area (Å²) in [5.74, 6) is 2.83. The molecule has 5 heteroatoms. The summed E-state index contributed by atoms with van der Waals surface area (Å²) in [7, 11) is 0. The Morgan fingerprint density at radius 2 is 2.00 bits per heavy atom. The fourth-order valence-corrected chi connectivity index (χ4v) is 3.24. The van der Waals surface area contributed by atoms with Crippen molar-refractivity contribution in [3.63, 3.8) is 0 Å². The van der Waals surface area contributed by atoms with Crippen molar-refractivity contribution in [1.82, 2.24) is 10.3 Å². The van der Waals surface area contributed by atoms with E-state index in [0.29, 0.717) is 12.8 Å². The molecule has 3 heterocycles. The zero-order valence-electron chi connectivity index (χ0n) is 13.1. The van der Waals surface area contributed by atoms with Crippen LogP contribution in [0.4, 0.5) is 5.82 Å². The molecule has 0 atom stereocenters. The van der Waals surface area contributed by atoms with Crippen molar-refractivity contribution in [2.24, 2.45) is 0 Å². The first-order valence-electron chi connectivity index (χ1n) is 8.17. The molecule has 1 fully saturated rings. The molecule has 0 amide bonds. The van der Waals surface area contributed by atoms with E-state index >= 15 is 0 Å². The van der Waals surface area contributed by atoms with Gasteiger partial charge >= 0.3 is 0 Å². The van der Waals surface area contributed by atoms with Crippen LogP contribution in [0.1, 0.15) is 18.4 Å². The Bertz CT molecular complexity index is 655. The van der Waals surface area contributed by atoms with Gasteiger partial charge in [-0.3, -0.25) is 0 Å². The molecule has 0 aliphatic carbocycles. The molecule has 0 bridgehead atoms. The number of hydrogen-bond donors (Lipinski definition) is 1. The van der Waals surface area contributed by atoms with Gasteiger partial charge in [-0.25, -0.2) is 4.98 Å². The van der Waals surface area contributed by atoms with Gasteiger partial charge in [-0.15, -0.1) is 0 Å². The lowest BCUT2D eigenvalue weighted by molar-refractivity contribution is 0.173. The maximum atomic E-state index is 5.57. The summed E-state index contributed by atoms with van der Waals surface area (Å²) in [6, 6.07) is 12.7. The van der Waals surface area contributed by atoms with Crippen molar-refractivity contribution in [3.05, 3.63) is 48.2 Å². The quantitative estimate of drug-likeness (QED) is 0.940. The van der Waals surface area contributed by atoms with E-state index in [9.17, 15) is 0 Å². The summed E-state index contributed by atoms with van der Waals surface area (Å²) in [6.07, 6.45) is 4.11. The molecule has 1 saturated heterocycles. The molecular weight excluding hydrogens is 290 g/mol. The predicted octanol–water partition coefficient (Wildman–Crippen LogP) is 2.57. The fourth-order valence-electron chi connectivity index (χ4n) is 3.24. The van der Waals surface area contributed by atoms with Crippen LogP contribution in [0.5, 0.6) is 11.5 Å². The number of nitrogens with zero attached hydrogens (tertiary/aromatic N) is 2. The lowest BCUT2D eigenvalue weighted by atomic mass is 10.0. The number of para-hydroxylation sites is 1. The van der Waals surface area contributed by atoms with E-state index in [4.69, 9.17) is 9.47 Å². The molecule has 4 rings (SSSR count). The third-order valence-corrected chi connectivity index (χ3v) is 4.53. The minimum absolute atomic E-state index is 0.328. The summed E-state index contributed by atoms with van der Waals surface area (Å²) in [5, 5.41) is 3.66. The number of aromatic nitrogens is 1. The Morgan fingerprint density at radius 3 is 2.83 bits per heavy atom. The largest absolute Gasteiger partial charge is 0.454 e. The Balaban J connectivity index is 1.31. The van der Waals surface area contributed by atoms with Gasteiger partial charge in [0.25, 0.3) is 0 Å². The summed E-state index contributed by atoms with van der Waals surface area (Å²) < 4.78 is 11.0. The number of anilines is 1. The van der Waals surface area contributed by atoms with E-state index in [1.807, 2.05) is 30.5 Å². The molecule has 2 aliphatic heterocycles. The maximum Gasteiger partial charge on any atom is 0.231 e. The van der Waals surface area contributed by atoms with Crippen LogP contribution in [0.25, 0.3) is 0 Å². The third-order valence-electron chi connectivity index (χ3n) is 4.53. The van der Waals surface area contributed by atoms with Crippen molar-refractivity contribution in [1.29, 1.82) is 0 Å². The monoisotopic (exact) mass is 311 g/mol. The minimum atomic E-state index is 0.328. The summed E-state index contributed by atoms with van der Waals surface area (Å²) in [4.78, 5) is 6.79. The molecule has 0 radical (unpaired) electrons. The molecule has 23 heavy (non-hydrogen) atoms. The predicted molar refractivity (Wildman–Crippen MR) is 88.9 cm³/mol. The van der Waals surface area contributed by atoms with Crippen LogP contribution in [-0.4, -0.2) is 30.9 Å². The van der Waals surface area contributed by atoms with E-state index < -0.39 is 0 Å². The molecule has 1 aromatic carbocycles. The second kappa shape index (κ2) is 6.46. The van der Waals surface area contributed by atoms with Crippen LogP contribution in [0, 0.1) is 0 Å². The molecule has 1 N–H and O–H groups in total. The first kappa shape index (κ1) is 14.3. The normalized spacial score (nSPS) is 17.5. The Hall–Kier alpha value is -2.27. The minimum Gasteiger partial charge on any atom is -0.454 e. The topological polar surface area (TPSA) is 46.6 Å². The average Bonchev–Trinajstić information content (AvgIpc) is 3.10.